The molecule has 0 aromatic rings. The van der Waals surface area contributed by atoms with E-state index >= 15 is 0 Å². The molecule has 0 radical (unpaired) electrons. The highest BCUT2D eigenvalue weighted by atomic mass is 16.5. The molecular weight excluding hydrogens is 208 g/mol. The first-order chi connectivity index (χ1) is 7.76. The molecule has 0 bridgehead atoms. The van der Waals surface area contributed by atoms with Gasteiger partial charge in [-0.3, -0.25) is 9.69 Å². The maximum atomic E-state index is 11.2. The van der Waals surface area contributed by atoms with Crippen LogP contribution in [0.4, 0.5) is 0 Å². The Morgan fingerprint density at radius 1 is 1.69 bits per heavy atom. The monoisotopic (exact) mass is 226 g/mol. The molecule has 16 heavy (non-hydrogen) atoms. The molecule has 1 rings (SSSR count). The van der Waals surface area contributed by atoms with Gasteiger partial charge >= 0.3 is 5.97 Å². The van der Waals surface area contributed by atoms with Crippen LogP contribution in [0.25, 0.3) is 0 Å². The lowest BCUT2D eigenvalue weighted by Crippen LogP contribution is -2.35. The van der Waals surface area contributed by atoms with Gasteiger partial charge in [0, 0.05) is 26.1 Å². The van der Waals surface area contributed by atoms with Crippen molar-refractivity contribution in [2.24, 2.45) is 5.92 Å². The smallest absolute Gasteiger partial charge is 0.319 e. The van der Waals surface area contributed by atoms with Gasteiger partial charge in [-0.2, -0.15) is 5.26 Å². The fourth-order valence-electron chi connectivity index (χ4n) is 1.78. The first kappa shape index (κ1) is 12.9. The summed E-state index contributed by atoms with van der Waals surface area (Å²) < 4.78 is 9.92. The van der Waals surface area contributed by atoms with E-state index < -0.39 is 0 Å². The van der Waals surface area contributed by atoms with Crippen molar-refractivity contribution >= 4 is 5.97 Å². The largest absolute Gasteiger partial charge is 0.468 e. The van der Waals surface area contributed by atoms with Crippen LogP contribution in [0.5, 0.6) is 0 Å². The molecule has 0 N–H and O–H groups in total. The molecule has 1 atom stereocenters. The maximum Gasteiger partial charge on any atom is 0.319 e. The number of nitriles is 1. The topological polar surface area (TPSA) is 62.6 Å². The highest BCUT2D eigenvalue weighted by Gasteiger charge is 2.20. The first-order valence-electron chi connectivity index (χ1n) is 5.50. The fourth-order valence-corrected chi connectivity index (χ4v) is 1.78. The van der Waals surface area contributed by atoms with E-state index in [0.717, 1.165) is 26.2 Å². The zero-order chi connectivity index (χ0) is 11.8. The lowest BCUT2D eigenvalue weighted by molar-refractivity contribution is -0.142. The van der Waals surface area contributed by atoms with E-state index in [0.29, 0.717) is 18.9 Å². The summed E-state index contributed by atoms with van der Waals surface area (Å²) in [4.78, 5) is 13.1. The van der Waals surface area contributed by atoms with Gasteiger partial charge in [0.1, 0.15) is 0 Å². The molecule has 0 saturated carbocycles. The number of hydrogen-bond donors (Lipinski definition) is 0. The van der Waals surface area contributed by atoms with Crippen molar-refractivity contribution in [1.82, 2.24) is 4.90 Å². The third kappa shape index (κ3) is 4.60. The Labute approximate surface area is 95.9 Å². The Morgan fingerprint density at radius 3 is 3.06 bits per heavy atom. The Morgan fingerprint density at radius 2 is 2.50 bits per heavy atom. The number of hydrogen-bond acceptors (Lipinski definition) is 5. The molecular formula is C11H18N2O3. The van der Waals surface area contributed by atoms with Gasteiger partial charge in [-0.1, -0.05) is 0 Å². The maximum absolute atomic E-state index is 11.2. The SMILES string of the molecule is COC(=O)CN(CCC#N)C[C@H]1CCOC1. The van der Waals surface area contributed by atoms with E-state index in [1.165, 1.54) is 7.11 Å². The van der Waals surface area contributed by atoms with Crippen LogP contribution in [0.2, 0.25) is 0 Å². The molecule has 0 aromatic heterocycles. The minimum absolute atomic E-state index is 0.253. The van der Waals surface area contributed by atoms with Crippen molar-refractivity contribution in [3.05, 3.63) is 0 Å². The molecule has 0 unspecified atom stereocenters. The molecule has 1 saturated heterocycles. The molecule has 1 fully saturated rings. The average Bonchev–Trinajstić information content (AvgIpc) is 2.78. The molecule has 0 aliphatic carbocycles. The minimum atomic E-state index is -0.253. The highest BCUT2D eigenvalue weighted by Crippen LogP contribution is 2.14. The second-order valence-corrected chi connectivity index (χ2v) is 3.95. The van der Waals surface area contributed by atoms with Crippen molar-refractivity contribution in [3.8, 4) is 6.07 Å². The van der Waals surface area contributed by atoms with Crippen LogP contribution in [0, 0.1) is 17.2 Å². The summed E-state index contributed by atoms with van der Waals surface area (Å²) in [6.07, 6.45) is 1.47. The Bertz CT molecular complexity index is 256. The summed E-state index contributed by atoms with van der Waals surface area (Å²) >= 11 is 0. The molecule has 1 heterocycles. The van der Waals surface area contributed by atoms with Crippen LogP contribution in [-0.2, 0) is 14.3 Å². The lowest BCUT2D eigenvalue weighted by atomic mass is 10.1. The van der Waals surface area contributed by atoms with Gasteiger partial charge in [-0.05, 0) is 12.3 Å². The van der Waals surface area contributed by atoms with Crippen LogP contribution >= 0.6 is 0 Å². The molecule has 0 spiro atoms. The predicted octanol–water partition coefficient (Wildman–Crippen LogP) is 0.412. The normalized spacial score (nSPS) is 19.7. The number of ether oxygens (including phenoxy) is 2. The number of rotatable bonds is 6. The Kier molecular flexibility index (Phi) is 5.83. The highest BCUT2D eigenvalue weighted by molar-refractivity contribution is 5.71. The van der Waals surface area contributed by atoms with Gasteiger partial charge in [0.05, 0.1) is 26.3 Å². The number of esters is 1. The van der Waals surface area contributed by atoms with E-state index in [2.05, 4.69) is 10.8 Å². The van der Waals surface area contributed by atoms with Crippen molar-refractivity contribution in [2.45, 2.75) is 12.8 Å². The minimum Gasteiger partial charge on any atom is -0.468 e. The molecule has 90 valence electrons. The van der Waals surface area contributed by atoms with Crippen LogP contribution in [-0.4, -0.2) is 50.8 Å². The van der Waals surface area contributed by atoms with Crippen molar-refractivity contribution < 1.29 is 14.3 Å². The average molecular weight is 226 g/mol. The van der Waals surface area contributed by atoms with Crippen molar-refractivity contribution in [1.29, 1.82) is 5.26 Å². The fraction of sp³-hybridized carbons (Fsp3) is 0.818. The van der Waals surface area contributed by atoms with Gasteiger partial charge in [-0.15, -0.1) is 0 Å². The van der Waals surface area contributed by atoms with Gasteiger partial charge < -0.3 is 9.47 Å². The van der Waals surface area contributed by atoms with E-state index in [-0.39, 0.29) is 12.5 Å². The molecule has 0 aromatic carbocycles. The standard InChI is InChI=1S/C11H18N2O3/c1-15-11(14)8-13(5-2-4-12)7-10-3-6-16-9-10/h10H,2-3,5-9H2,1H3/t10-/m1/s1. The van der Waals surface area contributed by atoms with Crippen molar-refractivity contribution in [3.63, 3.8) is 0 Å². The zero-order valence-electron chi connectivity index (χ0n) is 9.65. The van der Waals surface area contributed by atoms with Gasteiger partial charge in [-0.25, -0.2) is 0 Å². The number of nitrogens with zero attached hydrogens (tertiary/aromatic N) is 2. The van der Waals surface area contributed by atoms with Gasteiger partial charge in [0.2, 0.25) is 0 Å². The Balaban J connectivity index is 2.36. The van der Waals surface area contributed by atoms with E-state index in [1.54, 1.807) is 0 Å². The van der Waals surface area contributed by atoms with Gasteiger partial charge in [0.25, 0.3) is 0 Å². The van der Waals surface area contributed by atoms with Crippen molar-refractivity contribution in [2.75, 3.05) is 40.0 Å². The molecule has 1 aliphatic rings. The first-order valence-corrected chi connectivity index (χ1v) is 5.50. The molecule has 5 heteroatoms. The van der Waals surface area contributed by atoms with E-state index in [1.807, 2.05) is 4.90 Å². The summed E-state index contributed by atoms with van der Waals surface area (Å²) in [6, 6.07) is 2.09. The summed E-state index contributed by atoms with van der Waals surface area (Å²) in [5.74, 6) is 0.222. The van der Waals surface area contributed by atoms with Crippen LogP contribution in [0.3, 0.4) is 0 Å². The summed E-state index contributed by atoms with van der Waals surface area (Å²) in [6.45, 7) is 3.23. The second kappa shape index (κ2) is 7.20. The summed E-state index contributed by atoms with van der Waals surface area (Å²) in [7, 11) is 1.38. The number of methoxy groups -OCH3 is 1. The Hall–Kier alpha value is -1.12. The van der Waals surface area contributed by atoms with E-state index in [9.17, 15) is 4.79 Å². The van der Waals surface area contributed by atoms with E-state index in [4.69, 9.17) is 10.00 Å². The zero-order valence-corrected chi connectivity index (χ0v) is 9.65. The summed E-state index contributed by atoms with van der Waals surface area (Å²) in [5, 5.41) is 8.55. The molecule has 5 nitrogen and oxygen atoms in total. The summed E-state index contributed by atoms with van der Waals surface area (Å²) in [5.41, 5.74) is 0. The lowest BCUT2D eigenvalue weighted by Gasteiger charge is -2.22. The number of carbonyl (C=O) groups excluding carboxylic acids is 1. The second-order valence-electron chi connectivity index (χ2n) is 3.95. The third-order valence-corrected chi connectivity index (χ3v) is 2.66. The molecule has 0 amide bonds. The molecule has 1 aliphatic heterocycles. The van der Waals surface area contributed by atoms with Gasteiger partial charge in [0.15, 0.2) is 0 Å². The predicted molar refractivity (Wildman–Crippen MR) is 57.6 cm³/mol. The quantitative estimate of drug-likeness (QED) is 0.614. The van der Waals surface area contributed by atoms with Crippen LogP contribution in [0.15, 0.2) is 0 Å². The van der Waals surface area contributed by atoms with Crippen LogP contribution < -0.4 is 0 Å². The third-order valence-electron chi connectivity index (χ3n) is 2.66. The van der Waals surface area contributed by atoms with Crippen LogP contribution in [0.1, 0.15) is 12.8 Å². The number of carbonyl (C=O) groups is 1.